The highest BCUT2D eigenvalue weighted by atomic mass is 32.2. The van der Waals surface area contributed by atoms with E-state index in [4.69, 9.17) is 4.55 Å². The van der Waals surface area contributed by atoms with Crippen LogP contribution in [0.5, 0.6) is 0 Å². The van der Waals surface area contributed by atoms with Crippen molar-refractivity contribution in [3.8, 4) is 0 Å². The Morgan fingerprint density at radius 2 is 2.30 bits per heavy atom. The van der Waals surface area contributed by atoms with Crippen LogP contribution in [0.3, 0.4) is 0 Å². The molecule has 0 spiro atoms. The second-order valence-electron chi connectivity index (χ2n) is 1.75. The van der Waals surface area contributed by atoms with Crippen LogP contribution in [0.1, 0.15) is 5.76 Å². The number of aryl methyl sites for hydroxylation is 1. The van der Waals surface area contributed by atoms with Gasteiger partial charge in [-0.25, -0.2) is 0 Å². The number of aromatic nitrogens is 1. The van der Waals surface area contributed by atoms with E-state index >= 15 is 0 Å². The van der Waals surface area contributed by atoms with E-state index in [0.29, 0.717) is 5.76 Å². The normalized spacial score (nSPS) is 11.8. The highest BCUT2D eigenvalue weighted by molar-refractivity contribution is 7.85. The minimum Gasteiger partial charge on any atom is -0.360 e. The molecule has 0 amide bonds. The molecule has 0 aliphatic rings. The average Bonchev–Trinajstić information content (AvgIpc) is 2.11. The van der Waals surface area contributed by atoms with E-state index in [0.717, 1.165) is 6.07 Å². The van der Waals surface area contributed by atoms with Crippen LogP contribution < -0.4 is 0 Å². The molecule has 0 fully saturated rings. The Bertz CT molecular complexity index is 325. The predicted molar refractivity (Wildman–Crippen MR) is 31.1 cm³/mol. The molecule has 1 heterocycles. The fraction of sp³-hybridized carbons (Fsp3) is 0.250. The maximum atomic E-state index is 10.3. The Labute approximate surface area is 57.4 Å². The summed E-state index contributed by atoms with van der Waals surface area (Å²) >= 11 is 0. The minimum absolute atomic E-state index is 0.340. The van der Waals surface area contributed by atoms with E-state index in [9.17, 15) is 8.42 Å². The summed E-state index contributed by atoms with van der Waals surface area (Å²) < 4.78 is 33.3. The van der Waals surface area contributed by atoms with Crippen LogP contribution in [0.15, 0.2) is 15.6 Å². The quantitative estimate of drug-likeness (QED) is 0.599. The van der Waals surface area contributed by atoms with Crippen molar-refractivity contribution >= 4 is 10.1 Å². The molecule has 0 saturated carbocycles. The Balaban J connectivity index is 3.21. The van der Waals surface area contributed by atoms with E-state index in [1.807, 2.05) is 0 Å². The van der Waals surface area contributed by atoms with Crippen molar-refractivity contribution in [2.45, 2.75) is 11.9 Å². The zero-order valence-corrected chi connectivity index (χ0v) is 5.92. The van der Waals surface area contributed by atoms with Crippen LogP contribution in [0.4, 0.5) is 0 Å². The zero-order chi connectivity index (χ0) is 7.78. The molecular formula is C4H5NO4S. The van der Waals surface area contributed by atoms with Gasteiger partial charge in [-0.3, -0.25) is 4.55 Å². The Morgan fingerprint density at radius 3 is 2.50 bits per heavy atom. The second-order valence-corrected chi connectivity index (χ2v) is 3.12. The number of rotatable bonds is 1. The lowest BCUT2D eigenvalue weighted by molar-refractivity contribution is 0.375. The lowest BCUT2D eigenvalue weighted by Gasteiger charge is -1.82. The molecule has 1 aromatic rings. The van der Waals surface area contributed by atoms with Crippen molar-refractivity contribution in [2.75, 3.05) is 0 Å². The standard InChI is InChI=1S/C4H5NO4S/c1-3-2-4(5-9-3)10(6,7)8/h2H,1H3,(H,6,7,8). The molecule has 0 atom stereocenters. The van der Waals surface area contributed by atoms with Gasteiger partial charge in [-0.2, -0.15) is 8.42 Å². The van der Waals surface area contributed by atoms with E-state index in [-0.39, 0.29) is 0 Å². The fourth-order valence-corrected chi connectivity index (χ4v) is 0.911. The first-order valence-electron chi connectivity index (χ1n) is 2.41. The molecule has 1 rings (SSSR count). The summed E-state index contributed by atoms with van der Waals surface area (Å²) in [6.45, 7) is 1.53. The summed E-state index contributed by atoms with van der Waals surface area (Å²) in [7, 11) is -4.19. The highest BCUT2D eigenvalue weighted by Gasteiger charge is 2.13. The van der Waals surface area contributed by atoms with Crippen LogP contribution in [0, 0.1) is 6.92 Å². The van der Waals surface area contributed by atoms with Crippen molar-refractivity contribution in [1.82, 2.24) is 5.16 Å². The van der Waals surface area contributed by atoms with E-state index in [2.05, 4.69) is 9.68 Å². The third kappa shape index (κ3) is 1.34. The van der Waals surface area contributed by atoms with Gasteiger partial charge in [0, 0.05) is 6.07 Å². The Kier molecular flexibility index (Phi) is 1.49. The Morgan fingerprint density at radius 1 is 1.70 bits per heavy atom. The summed E-state index contributed by atoms with van der Waals surface area (Å²) in [6, 6.07) is 1.13. The topological polar surface area (TPSA) is 80.4 Å². The second kappa shape index (κ2) is 2.06. The van der Waals surface area contributed by atoms with Crippen molar-refractivity contribution in [3.05, 3.63) is 11.8 Å². The lowest BCUT2D eigenvalue weighted by Crippen LogP contribution is -1.97. The van der Waals surface area contributed by atoms with E-state index < -0.39 is 15.1 Å². The summed E-state index contributed by atoms with van der Waals surface area (Å²) in [4.78, 5) is 0. The van der Waals surface area contributed by atoms with Crippen LogP contribution in [-0.4, -0.2) is 18.1 Å². The largest absolute Gasteiger partial charge is 0.360 e. The van der Waals surface area contributed by atoms with Gasteiger partial charge in [0.1, 0.15) is 5.76 Å². The maximum Gasteiger partial charge on any atom is 0.315 e. The zero-order valence-electron chi connectivity index (χ0n) is 5.10. The molecule has 1 N–H and O–H groups in total. The third-order valence-electron chi connectivity index (χ3n) is 0.871. The van der Waals surface area contributed by atoms with Gasteiger partial charge in [-0.1, -0.05) is 5.16 Å². The van der Waals surface area contributed by atoms with Crippen LogP contribution in [-0.2, 0) is 10.1 Å². The fourth-order valence-electron chi connectivity index (χ4n) is 0.465. The molecule has 0 aliphatic heterocycles. The Hall–Kier alpha value is -0.880. The number of hydrogen-bond donors (Lipinski definition) is 1. The molecule has 0 saturated heterocycles. The summed E-state index contributed by atoms with van der Waals surface area (Å²) in [5.41, 5.74) is 0. The molecule has 0 radical (unpaired) electrons. The summed E-state index contributed by atoms with van der Waals surface area (Å²) in [5.74, 6) is 0.340. The monoisotopic (exact) mass is 163 g/mol. The molecule has 10 heavy (non-hydrogen) atoms. The summed E-state index contributed by atoms with van der Waals surface area (Å²) in [6.07, 6.45) is 0. The van der Waals surface area contributed by atoms with E-state index in [1.54, 1.807) is 0 Å². The smallest absolute Gasteiger partial charge is 0.315 e. The van der Waals surface area contributed by atoms with Gasteiger partial charge < -0.3 is 4.52 Å². The molecule has 0 bridgehead atoms. The van der Waals surface area contributed by atoms with Gasteiger partial charge in [0.2, 0.25) is 5.03 Å². The lowest BCUT2D eigenvalue weighted by atomic mass is 10.5. The third-order valence-corrected chi connectivity index (χ3v) is 1.59. The van der Waals surface area contributed by atoms with Crippen molar-refractivity contribution in [1.29, 1.82) is 0 Å². The first-order valence-corrected chi connectivity index (χ1v) is 3.85. The molecule has 1 aromatic heterocycles. The van der Waals surface area contributed by atoms with Crippen molar-refractivity contribution in [3.63, 3.8) is 0 Å². The highest BCUT2D eigenvalue weighted by Crippen LogP contribution is 2.06. The molecule has 6 heteroatoms. The minimum atomic E-state index is -4.19. The maximum absolute atomic E-state index is 10.3. The molecule has 0 aromatic carbocycles. The van der Waals surface area contributed by atoms with E-state index in [1.165, 1.54) is 6.92 Å². The number of nitrogens with zero attached hydrogens (tertiary/aromatic N) is 1. The molecule has 56 valence electrons. The van der Waals surface area contributed by atoms with Gasteiger partial charge >= 0.3 is 10.1 Å². The average molecular weight is 163 g/mol. The summed E-state index contributed by atoms with van der Waals surface area (Å²) in [5, 5.41) is 2.62. The van der Waals surface area contributed by atoms with Gasteiger partial charge in [-0.15, -0.1) is 0 Å². The van der Waals surface area contributed by atoms with Crippen molar-refractivity contribution < 1.29 is 17.5 Å². The SMILES string of the molecule is Cc1cc(S(=O)(=O)O)no1. The molecule has 5 nitrogen and oxygen atoms in total. The van der Waals surface area contributed by atoms with Gasteiger partial charge in [0.25, 0.3) is 0 Å². The molecular weight excluding hydrogens is 158 g/mol. The van der Waals surface area contributed by atoms with Crippen LogP contribution in [0.2, 0.25) is 0 Å². The predicted octanol–water partition coefficient (Wildman–Crippen LogP) is 0.230. The van der Waals surface area contributed by atoms with Crippen molar-refractivity contribution in [2.24, 2.45) is 0 Å². The molecule has 0 unspecified atom stereocenters. The van der Waals surface area contributed by atoms with Crippen LogP contribution in [0.25, 0.3) is 0 Å². The van der Waals surface area contributed by atoms with Gasteiger partial charge in [0.05, 0.1) is 0 Å². The first-order chi connectivity index (χ1) is 4.50. The molecule has 0 aliphatic carbocycles. The van der Waals surface area contributed by atoms with Crippen LogP contribution >= 0.6 is 0 Å². The van der Waals surface area contributed by atoms with Gasteiger partial charge in [0.15, 0.2) is 0 Å². The number of hydrogen-bond acceptors (Lipinski definition) is 4. The first kappa shape index (κ1) is 7.23. The van der Waals surface area contributed by atoms with Gasteiger partial charge in [-0.05, 0) is 6.92 Å².